The minimum atomic E-state index is -0.288. The van der Waals surface area contributed by atoms with Gasteiger partial charge in [0.2, 0.25) is 11.8 Å². The van der Waals surface area contributed by atoms with Gasteiger partial charge in [-0.1, -0.05) is 42.1 Å². The Morgan fingerprint density at radius 1 is 1.31 bits per heavy atom. The van der Waals surface area contributed by atoms with Gasteiger partial charge in [-0.3, -0.25) is 9.59 Å². The highest BCUT2D eigenvalue weighted by atomic mass is 32.2. The number of benzene rings is 1. The topological polar surface area (TPSA) is 95.1 Å². The predicted molar refractivity (Wildman–Crippen MR) is 97.6 cm³/mol. The zero-order chi connectivity index (χ0) is 18.4. The molecule has 1 aliphatic rings. The van der Waals surface area contributed by atoms with Gasteiger partial charge in [-0.15, -0.1) is 0 Å². The Morgan fingerprint density at radius 2 is 2.12 bits per heavy atom. The molecule has 0 radical (unpaired) electrons. The van der Waals surface area contributed by atoms with Crippen molar-refractivity contribution in [2.75, 3.05) is 5.75 Å². The first-order valence-corrected chi connectivity index (χ1v) is 9.07. The summed E-state index contributed by atoms with van der Waals surface area (Å²) in [7, 11) is 0. The third-order valence-corrected chi connectivity index (χ3v) is 4.96. The van der Waals surface area contributed by atoms with Crippen LogP contribution in [0.4, 0.5) is 0 Å². The predicted octanol–water partition coefficient (Wildman–Crippen LogP) is 2.67. The van der Waals surface area contributed by atoms with Gasteiger partial charge in [0.05, 0.1) is 35.2 Å². The maximum Gasteiger partial charge on any atom is 0.230 e. The zero-order valence-corrected chi connectivity index (χ0v) is 14.7. The second-order valence-electron chi connectivity index (χ2n) is 5.71. The van der Waals surface area contributed by atoms with Crippen molar-refractivity contribution in [2.45, 2.75) is 18.9 Å². The molecule has 0 fully saturated rings. The van der Waals surface area contributed by atoms with Crippen molar-refractivity contribution >= 4 is 23.6 Å². The van der Waals surface area contributed by atoms with E-state index in [1.54, 1.807) is 18.4 Å². The van der Waals surface area contributed by atoms with Crippen molar-refractivity contribution in [1.82, 2.24) is 10.6 Å². The number of thioether (sulfide) groups is 1. The van der Waals surface area contributed by atoms with E-state index in [9.17, 15) is 14.9 Å². The van der Waals surface area contributed by atoms with E-state index in [0.29, 0.717) is 22.9 Å². The number of allylic oxidation sites excluding steroid dienone is 1. The molecule has 0 bridgehead atoms. The summed E-state index contributed by atoms with van der Waals surface area (Å²) >= 11 is 1.16. The molecule has 2 N–H and O–H groups in total. The molecule has 2 aromatic rings. The Hall–Kier alpha value is -2.98. The molecule has 2 heterocycles. The van der Waals surface area contributed by atoms with Crippen molar-refractivity contribution in [3.63, 3.8) is 0 Å². The molecule has 2 amide bonds. The van der Waals surface area contributed by atoms with Gasteiger partial charge in [0.15, 0.2) is 0 Å². The quantitative estimate of drug-likeness (QED) is 0.818. The molecular weight excluding hydrogens is 350 g/mol. The van der Waals surface area contributed by atoms with Crippen LogP contribution in [-0.4, -0.2) is 17.6 Å². The van der Waals surface area contributed by atoms with E-state index in [4.69, 9.17) is 4.42 Å². The Morgan fingerprint density at radius 3 is 2.81 bits per heavy atom. The molecule has 0 unspecified atom stereocenters. The summed E-state index contributed by atoms with van der Waals surface area (Å²) in [5.74, 6) is 0.117. The number of rotatable bonds is 6. The average Bonchev–Trinajstić information content (AvgIpc) is 3.18. The summed E-state index contributed by atoms with van der Waals surface area (Å²) < 4.78 is 5.16. The molecule has 0 aliphatic carbocycles. The van der Waals surface area contributed by atoms with Crippen molar-refractivity contribution in [3.8, 4) is 6.07 Å². The van der Waals surface area contributed by atoms with Gasteiger partial charge < -0.3 is 15.1 Å². The fraction of sp³-hybridized carbons (Fsp3) is 0.211. The molecule has 3 rings (SSSR count). The first-order chi connectivity index (χ1) is 12.7. The Kier molecular flexibility index (Phi) is 5.77. The number of nitriles is 1. The summed E-state index contributed by atoms with van der Waals surface area (Å²) in [6.45, 7) is 0.301. The molecule has 6 nitrogen and oxygen atoms in total. The smallest absolute Gasteiger partial charge is 0.230 e. The number of carbonyl (C=O) groups is 2. The lowest BCUT2D eigenvalue weighted by molar-refractivity contribution is -0.121. The van der Waals surface area contributed by atoms with Crippen LogP contribution in [0.5, 0.6) is 0 Å². The summed E-state index contributed by atoms with van der Waals surface area (Å²) in [4.78, 5) is 24.1. The highest BCUT2D eigenvalue weighted by molar-refractivity contribution is 8.03. The van der Waals surface area contributed by atoms with Crippen LogP contribution in [0.25, 0.3) is 0 Å². The normalized spacial score (nSPS) is 16.7. The monoisotopic (exact) mass is 367 g/mol. The lowest BCUT2D eigenvalue weighted by Gasteiger charge is -2.25. The Labute approximate surface area is 155 Å². The van der Waals surface area contributed by atoms with Gasteiger partial charge in [-0.05, 0) is 17.7 Å². The van der Waals surface area contributed by atoms with E-state index < -0.39 is 0 Å². The standard InChI is InChI=1S/C19H17N3O3S/c20-10-16-15(13-5-2-1-3-6-13)9-17(23)22-19(16)26-12-18(24)21-11-14-7-4-8-25-14/h1-8,15H,9,11-12H2,(H,21,24)(H,22,23)/t15-/m1/s1. The van der Waals surface area contributed by atoms with Crippen LogP contribution >= 0.6 is 11.8 Å². The summed E-state index contributed by atoms with van der Waals surface area (Å²) in [5, 5.41) is 15.5. The lowest BCUT2D eigenvalue weighted by atomic mass is 9.87. The molecule has 0 spiro atoms. The van der Waals surface area contributed by atoms with Crippen LogP contribution < -0.4 is 10.6 Å². The number of nitrogens with zero attached hydrogens (tertiary/aromatic N) is 1. The van der Waals surface area contributed by atoms with Gasteiger partial charge in [0.25, 0.3) is 0 Å². The summed E-state index contributed by atoms with van der Waals surface area (Å²) in [6, 6.07) is 15.2. The fourth-order valence-electron chi connectivity index (χ4n) is 2.69. The fourth-order valence-corrected chi connectivity index (χ4v) is 3.60. The van der Waals surface area contributed by atoms with E-state index in [0.717, 1.165) is 17.3 Å². The molecule has 26 heavy (non-hydrogen) atoms. The second-order valence-corrected chi connectivity index (χ2v) is 6.70. The largest absolute Gasteiger partial charge is 0.467 e. The van der Waals surface area contributed by atoms with Crippen molar-refractivity contribution in [2.24, 2.45) is 0 Å². The number of hydrogen-bond acceptors (Lipinski definition) is 5. The number of hydrogen-bond donors (Lipinski definition) is 2. The molecule has 132 valence electrons. The Bertz CT molecular complexity index is 854. The number of nitrogens with one attached hydrogen (secondary N) is 2. The lowest BCUT2D eigenvalue weighted by Crippen LogP contribution is -2.32. The van der Waals surface area contributed by atoms with Gasteiger partial charge in [-0.2, -0.15) is 5.26 Å². The van der Waals surface area contributed by atoms with Crippen LogP contribution in [-0.2, 0) is 16.1 Å². The third kappa shape index (κ3) is 4.35. The maximum atomic E-state index is 12.1. The van der Waals surface area contributed by atoms with E-state index in [-0.39, 0.29) is 29.9 Å². The van der Waals surface area contributed by atoms with Gasteiger partial charge in [0.1, 0.15) is 5.76 Å². The summed E-state index contributed by atoms with van der Waals surface area (Å²) in [6.07, 6.45) is 1.77. The minimum absolute atomic E-state index is 0.100. The molecule has 1 aromatic heterocycles. The third-order valence-electron chi connectivity index (χ3n) is 3.95. The maximum absolute atomic E-state index is 12.1. The highest BCUT2D eigenvalue weighted by Gasteiger charge is 2.29. The highest BCUT2D eigenvalue weighted by Crippen LogP contribution is 2.35. The molecule has 0 saturated heterocycles. The van der Waals surface area contributed by atoms with Gasteiger partial charge in [0, 0.05) is 12.3 Å². The van der Waals surface area contributed by atoms with Crippen molar-refractivity contribution in [3.05, 3.63) is 70.7 Å². The van der Waals surface area contributed by atoms with Crippen LogP contribution in [0, 0.1) is 11.3 Å². The first-order valence-electron chi connectivity index (χ1n) is 8.08. The number of furan rings is 1. The molecular formula is C19H17N3O3S. The SMILES string of the molecule is N#CC1=C(SCC(=O)NCc2ccco2)NC(=O)C[C@@H]1c1ccccc1. The number of amides is 2. The van der Waals surface area contributed by atoms with E-state index in [1.807, 2.05) is 30.3 Å². The van der Waals surface area contributed by atoms with E-state index in [1.165, 1.54) is 0 Å². The molecule has 0 saturated carbocycles. The average molecular weight is 367 g/mol. The number of carbonyl (C=O) groups excluding carboxylic acids is 2. The Balaban J connectivity index is 1.68. The van der Waals surface area contributed by atoms with E-state index >= 15 is 0 Å². The first kappa shape index (κ1) is 17.8. The van der Waals surface area contributed by atoms with Crippen LogP contribution in [0.3, 0.4) is 0 Å². The van der Waals surface area contributed by atoms with Crippen LogP contribution in [0.15, 0.2) is 63.7 Å². The summed E-state index contributed by atoms with van der Waals surface area (Å²) in [5.41, 5.74) is 1.40. The van der Waals surface area contributed by atoms with E-state index in [2.05, 4.69) is 16.7 Å². The molecule has 7 heteroatoms. The van der Waals surface area contributed by atoms with Crippen LogP contribution in [0.1, 0.15) is 23.7 Å². The minimum Gasteiger partial charge on any atom is -0.467 e. The van der Waals surface area contributed by atoms with Crippen molar-refractivity contribution < 1.29 is 14.0 Å². The molecule has 1 aliphatic heterocycles. The second kappa shape index (κ2) is 8.41. The molecule has 1 aromatic carbocycles. The van der Waals surface area contributed by atoms with Gasteiger partial charge in [-0.25, -0.2) is 0 Å². The van der Waals surface area contributed by atoms with Crippen molar-refractivity contribution in [1.29, 1.82) is 5.26 Å². The van der Waals surface area contributed by atoms with Crippen LogP contribution in [0.2, 0.25) is 0 Å². The molecule has 1 atom stereocenters. The zero-order valence-electron chi connectivity index (χ0n) is 13.9. The van der Waals surface area contributed by atoms with Gasteiger partial charge >= 0.3 is 0 Å².